The number of sulfonamides is 1. The standard InChI is InChI=1S/C13H12F7NO2S/c14-11-2-1-9(7-10(11)13(18,19)20)24(22,23)21-5-3-8(4-6-21)12(15,16)17/h1-2,7-8H,3-6H2. The van der Waals surface area contributed by atoms with Gasteiger partial charge in [0.2, 0.25) is 10.0 Å². The van der Waals surface area contributed by atoms with E-state index >= 15 is 0 Å². The van der Waals surface area contributed by atoms with Crippen molar-refractivity contribution in [2.45, 2.75) is 30.1 Å². The summed E-state index contributed by atoms with van der Waals surface area (Å²) in [5.41, 5.74) is -1.74. The van der Waals surface area contributed by atoms with Gasteiger partial charge >= 0.3 is 12.4 Å². The van der Waals surface area contributed by atoms with Gasteiger partial charge in [-0.05, 0) is 31.0 Å². The molecule has 1 aromatic carbocycles. The minimum atomic E-state index is -5.08. The molecule has 0 aliphatic carbocycles. The smallest absolute Gasteiger partial charge is 0.207 e. The first-order valence-corrected chi connectivity index (χ1v) is 8.21. The molecule has 1 fully saturated rings. The van der Waals surface area contributed by atoms with E-state index in [4.69, 9.17) is 0 Å². The molecule has 1 saturated heterocycles. The van der Waals surface area contributed by atoms with Crippen LogP contribution in [-0.2, 0) is 16.2 Å². The summed E-state index contributed by atoms with van der Waals surface area (Å²) in [7, 11) is -4.43. The van der Waals surface area contributed by atoms with E-state index in [0.717, 1.165) is 0 Å². The molecule has 136 valence electrons. The van der Waals surface area contributed by atoms with Gasteiger partial charge in [-0.1, -0.05) is 0 Å². The first-order chi connectivity index (χ1) is 10.8. The molecular weight excluding hydrogens is 367 g/mol. The quantitative estimate of drug-likeness (QED) is 0.733. The first kappa shape index (κ1) is 19.0. The number of piperidine rings is 1. The second-order valence-electron chi connectivity index (χ2n) is 5.36. The van der Waals surface area contributed by atoms with Crippen LogP contribution in [0.25, 0.3) is 0 Å². The van der Waals surface area contributed by atoms with Gasteiger partial charge in [0, 0.05) is 13.1 Å². The van der Waals surface area contributed by atoms with Crippen molar-refractivity contribution in [1.29, 1.82) is 0 Å². The summed E-state index contributed by atoms with van der Waals surface area (Å²) in [6.07, 6.45) is -10.5. The summed E-state index contributed by atoms with van der Waals surface area (Å²) < 4.78 is 114. The Morgan fingerprint density at radius 3 is 2.00 bits per heavy atom. The fourth-order valence-electron chi connectivity index (χ4n) is 2.45. The number of benzene rings is 1. The van der Waals surface area contributed by atoms with Crippen molar-refractivity contribution in [1.82, 2.24) is 4.31 Å². The molecule has 0 radical (unpaired) electrons. The monoisotopic (exact) mass is 379 g/mol. The maximum atomic E-state index is 13.2. The maximum absolute atomic E-state index is 13.2. The van der Waals surface area contributed by atoms with E-state index in [1.807, 2.05) is 0 Å². The largest absolute Gasteiger partial charge is 0.419 e. The number of hydrogen-bond donors (Lipinski definition) is 0. The van der Waals surface area contributed by atoms with E-state index in [1.165, 1.54) is 0 Å². The van der Waals surface area contributed by atoms with E-state index in [2.05, 4.69) is 0 Å². The summed E-state index contributed by atoms with van der Waals surface area (Å²) in [6, 6.07) is 1.19. The number of hydrogen-bond acceptors (Lipinski definition) is 2. The Hall–Kier alpha value is -1.36. The van der Waals surface area contributed by atoms with Crippen LogP contribution < -0.4 is 0 Å². The van der Waals surface area contributed by atoms with Crippen LogP contribution in [0.4, 0.5) is 30.7 Å². The van der Waals surface area contributed by atoms with Crippen LogP contribution in [0.1, 0.15) is 18.4 Å². The van der Waals surface area contributed by atoms with E-state index in [9.17, 15) is 39.2 Å². The number of nitrogens with zero attached hydrogens (tertiary/aromatic N) is 1. The molecule has 1 heterocycles. The van der Waals surface area contributed by atoms with E-state index in [1.54, 1.807) is 0 Å². The summed E-state index contributed by atoms with van der Waals surface area (Å²) in [4.78, 5) is -0.804. The van der Waals surface area contributed by atoms with Crippen molar-refractivity contribution < 1.29 is 39.2 Å². The highest BCUT2D eigenvalue weighted by molar-refractivity contribution is 7.89. The van der Waals surface area contributed by atoms with E-state index in [0.29, 0.717) is 16.4 Å². The van der Waals surface area contributed by atoms with Gasteiger partial charge < -0.3 is 0 Å². The molecule has 0 bridgehead atoms. The molecule has 3 nitrogen and oxygen atoms in total. The van der Waals surface area contributed by atoms with Crippen molar-refractivity contribution in [3.63, 3.8) is 0 Å². The topological polar surface area (TPSA) is 37.4 Å². The van der Waals surface area contributed by atoms with Crippen LogP contribution in [0.5, 0.6) is 0 Å². The molecule has 0 aromatic heterocycles. The Balaban J connectivity index is 2.26. The maximum Gasteiger partial charge on any atom is 0.419 e. The lowest BCUT2D eigenvalue weighted by Crippen LogP contribution is -2.42. The van der Waals surface area contributed by atoms with Crippen LogP contribution in [0.2, 0.25) is 0 Å². The predicted octanol–water partition coefficient (Wildman–Crippen LogP) is 3.81. The zero-order chi connectivity index (χ0) is 18.3. The zero-order valence-corrected chi connectivity index (χ0v) is 12.8. The molecule has 0 atom stereocenters. The van der Waals surface area contributed by atoms with E-state index in [-0.39, 0.29) is 6.07 Å². The molecule has 0 saturated carbocycles. The van der Waals surface area contributed by atoms with Crippen molar-refractivity contribution in [2.24, 2.45) is 5.92 Å². The molecule has 0 N–H and O–H groups in total. The Bertz CT molecular complexity index is 704. The van der Waals surface area contributed by atoms with Gasteiger partial charge in [0.15, 0.2) is 0 Å². The van der Waals surface area contributed by atoms with Gasteiger partial charge in [-0.15, -0.1) is 0 Å². The number of alkyl halides is 6. The Kier molecular flexibility index (Phi) is 4.88. The van der Waals surface area contributed by atoms with Gasteiger partial charge in [-0.3, -0.25) is 0 Å². The minimum absolute atomic E-state index is 0.153. The second kappa shape index (κ2) is 6.17. The van der Waals surface area contributed by atoms with Gasteiger partial charge in [-0.2, -0.15) is 30.6 Å². The summed E-state index contributed by atoms with van der Waals surface area (Å²) in [5.74, 6) is -3.28. The van der Waals surface area contributed by atoms with Crippen LogP contribution in [-0.4, -0.2) is 32.0 Å². The summed E-state index contributed by atoms with van der Waals surface area (Å²) in [6.45, 7) is -0.934. The average Bonchev–Trinajstić information content (AvgIpc) is 2.45. The molecule has 1 aromatic rings. The predicted molar refractivity (Wildman–Crippen MR) is 68.9 cm³/mol. The molecule has 24 heavy (non-hydrogen) atoms. The zero-order valence-electron chi connectivity index (χ0n) is 12.0. The fraction of sp³-hybridized carbons (Fsp3) is 0.538. The molecule has 0 amide bonds. The third kappa shape index (κ3) is 3.82. The molecular formula is C13H12F7NO2S. The Morgan fingerprint density at radius 2 is 1.54 bits per heavy atom. The van der Waals surface area contributed by atoms with Crippen molar-refractivity contribution >= 4 is 10.0 Å². The molecule has 11 heteroatoms. The third-order valence-corrected chi connectivity index (χ3v) is 5.69. The van der Waals surface area contributed by atoms with Gasteiger partial charge in [0.05, 0.1) is 16.4 Å². The second-order valence-corrected chi connectivity index (χ2v) is 7.30. The highest BCUT2D eigenvalue weighted by atomic mass is 32.2. The highest BCUT2D eigenvalue weighted by Gasteiger charge is 2.43. The molecule has 0 unspecified atom stereocenters. The van der Waals surface area contributed by atoms with Crippen molar-refractivity contribution in [3.05, 3.63) is 29.6 Å². The molecule has 0 spiro atoms. The molecule has 1 aliphatic rings. The van der Waals surface area contributed by atoms with Crippen LogP contribution in [0.3, 0.4) is 0 Å². The van der Waals surface area contributed by atoms with E-state index < -0.39 is 70.5 Å². The number of rotatable bonds is 2. The van der Waals surface area contributed by atoms with Crippen molar-refractivity contribution in [2.75, 3.05) is 13.1 Å². The van der Waals surface area contributed by atoms with Gasteiger partial charge in [-0.25, -0.2) is 12.8 Å². The normalized spacial score (nSPS) is 18.8. The lowest BCUT2D eigenvalue weighted by Gasteiger charge is -2.32. The number of halogens is 7. The Labute approximate surface area is 133 Å². The first-order valence-electron chi connectivity index (χ1n) is 6.77. The summed E-state index contributed by atoms with van der Waals surface area (Å²) in [5, 5.41) is 0. The lowest BCUT2D eigenvalue weighted by molar-refractivity contribution is -0.182. The molecule has 1 aliphatic heterocycles. The van der Waals surface area contributed by atoms with Gasteiger partial charge in [0.25, 0.3) is 0 Å². The highest BCUT2D eigenvalue weighted by Crippen LogP contribution is 2.37. The van der Waals surface area contributed by atoms with Crippen LogP contribution in [0.15, 0.2) is 23.1 Å². The minimum Gasteiger partial charge on any atom is -0.207 e. The molecule has 2 rings (SSSR count). The van der Waals surface area contributed by atoms with Crippen LogP contribution >= 0.6 is 0 Å². The fourth-order valence-corrected chi connectivity index (χ4v) is 3.95. The lowest BCUT2D eigenvalue weighted by atomic mass is 9.98. The van der Waals surface area contributed by atoms with Crippen molar-refractivity contribution in [3.8, 4) is 0 Å². The summed E-state index contributed by atoms with van der Waals surface area (Å²) >= 11 is 0. The van der Waals surface area contributed by atoms with Crippen LogP contribution in [0, 0.1) is 11.7 Å². The SMILES string of the molecule is O=S(=O)(c1ccc(F)c(C(F)(F)F)c1)N1CCC(C(F)(F)F)CC1. The third-order valence-electron chi connectivity index (χ3n) is 3.80. The average molecular weight is 379 g/mol. The Morgan fingerprint density at radius 1 is 1.00 bits per heavy atom. The van der Waals surface area contributed by atoms with Gasteiger partial charge in [0.1, 0.15) is 5.82 Å².